The third-order valence-electron chi connectivity index (χ3n) is 3.22. The third kappa shape index (κ3) is 4.55. The van der Waals surface area contributed by atoms with Crippen molar-refractivity contribution in [2.45, 2.75) is 25.3 Å². The second-order valence-corrected chi connectivity index (χ2v) is 4.53. The van der Waals surface area contributed by atoms with Gasteiger partial charge in [0.05, 0.1) is 11.6 Å². The number of halogens is 1. The number of carbonyl (C=O) groups is 1. The lowest BCUT2D eigenvalue weighted by atomic mass is 10.1. The Balaban J connectivity index is 0.00000180. The van der Waals surface area contributed by atoms with Crippen LogP contribution in [0.2, 0.25) is 0 Å². The van der Waals surface area contributed by atoms with E-state index < -0.39 is 0 Å². The predicted octanol–water partition coefficient (Wildman–Crippen LogP) is 1.85. The minimum atomic E-state index is -0.0718. The molecule has 4 nitrogen and oxygen atoms in total. The van der Waals surface area contributed by atoms with Crippen LogP contribution in [0.5, 0.6) is 0 Å². The van der Waals surface area contributed by atoms with Crippen LogP contribution < -0.4 is 10.6 Å². The number of nitrogens with one attached hydrogen (secondary N) is 2. The molecule has 0 saturated carbocycles. The van der Waals surface area contributed by atoms with E-state index in [0.717, 1.165) is 13.0 Å². The maximum absolute atomic E-state index is 11.8. The Hall–Kier alpha value is -1.57. The first kappa shape index (κ1) is 15.5. The summed E-state index contributed by atoms with van der Waals surface area (Å²) in [4.78, 5) is 11.8. The van der Waals surface area contributed by atoms with Gasteiger partial charge >= 0.3 is 0 Å². The molecule has 2 N–H and O–H groups in total. The maximum Gasteiger partial charge on any atom is 0.251 e. The Bertz CT molecular complexity index is 447. The van der Waals surface area contributed by atoms with E-state index in [2.05, 4.69) is 10.6 Å². The van der Waals surface area contributed by atoms with Crippen LogP contribution in [0.15, 0.2) is 24.3 Å². The molecular weight excluding hydrogens is 262 g/mol. The molecule has 1 aliphatic heterocycles. The molecular formula is C14H18ClN3O. The fraction of sp³-hybridized carbons (Fsp3) is 0.429. The zero-order valence-corrected chi connectivity index (χ0v) is 11.5. The second kappa shape index (κ2) is 7.78. The fourth-order valence-electron chi connectivity index (χ4n) is 2.16. The number of carbonyl (C=O) groups excluding carboxylic acids is 1. The Kier molecular flexibility index (Phi) is 6.34. The van der Waals surface area contributed by atoms with Gasteiger partial charge in [-0.3, -0.25) is 4.79 Å². The highest BCUT2D eigenvalue weighted by Gasteiger charge is 2.13. The molecule has 1 amide bonds. The molecule has 1 atom stereocenters. The molecule has 5 heteroatoms. The van der Waals surface area contributed by atoms with Gasteiger partial charge in [-0.05, 0) is 50.1 Å². The Morgan fingerprint density at radius 1 is 1.42 bits per heavy atom. The number of rotatable bonds is 4. The van der Waals surface area contributed by atoms with Gasteiger partial charge in [0.15, 0.2) is 0 Å². The van der Waals surface area contributed by atoms with Crippen molar-refractivity contribution in [2.24, 2.45) is 0 Å². The van der Waals surface area contributed by atoms with E-state index in [-0.39, 0.29) is 18.3 Å². The van der Waals surface area contributed by atoms with E-state index in [0.29, 0.717) is 23.7 Å². The molecule has 0 unspecified atom stereocenters. The molecule has 1 heterocycles. The SMILES string of the molecule is Cl.N#Cc1ccc(C(=O)NCC[C@H]2CCCN2)cc1. The quantitative estimate of drug-likeness (QED) is 0.884. The van der Waals surface area contributed by atoms with Crippen LogP contribution in [0.1, 0.15) is 35.2 Å². The number of benzene rings is 1. The van der Waals surface area contributed by atoms with Gasteiger partial charge in [0.2, 0.25) is 0 Å². The van der Waals surface area contributed by atoms with Crippen LogP contribution in [0.25, 0.3) is 0 Å². The number of nitriles is 1. The summed E-state index contributed by atoms with van der Waals surface area (Å²) < 4.78 is 0. The van der Waals surface area contributed by atoms with E-state index in [1.54, 1.807) is 24.3 Å². The zero-order valence-electron chi connectivity index (χ0n) is 10.7. The lowest BCUT2D eigenvalue weighted by Crippen LogP contribution is -2.30. The van der Waals surface area contributed by atoms with Crippen molar-refractivity contribution >= 4 is 18.3 Å². The number of amides is 1. The second-order valence-electron chi connectivity index (χ2n) is 4.53. The maximum atomic E-state index is 11.8. The third-order valence-corrected chi connectivity index (χ3v) is 3.22. The first-order valence-corrected chi connectivity index (χ1v) is 6.31. The molecule has 0 radical (unpaired) electrons. The monoisotopic (exact) mass is 279 g/mol. The number of hydrogen-bond donors (Lipinski definition) is 2. The summed E-state index contributed by atoms with van der Waals surface area (Å²) in [5.41, 5.74) is 1.18. The normalized spacial score (nSPS) is 17.3. The van der Waals surface area contributed by atoms with Crippen molar-refractivity contribution in [2.75, 3.05) is 13.1 Å². The molecule has 2 rings (SSSR count). The van der Waals surface area contributed by atoms with Gasteiger partial charge in [0, 0.05) is 18.2 Å². The van der Waals surface area contributed by atoms with Gasteiger partial charge in [-0.15, -0.1) is 12.4 Å². The van der Waals surface area contributed by atoms with Gasteiger partial charge in [-0.2, -0.15) is 5.26 Å². The summed E-state index contributed by atoms with van der Waals surface area (Å²) in [5, 5.41) is 15.0. The van der Waals surface area contributed by atoms with Crippen LogP contribution in [0.4, 0.5) is 0 Å². The number of nitrogens with zero attached hydrogens (tertiary/aromatic N) is 1. The standard InChI is InChI=1S/C14H17N3O.ClH/c15-10-11-3-5-12(6-4-11)14(18)17-9-7-13-2-1-8-16-13;/h3-6,13,16H,1-2,7-9H2,(H,17,18);1H/t13-;/m1./s1. The van der Waals surface area contributed by atoms with E-state index in [4.69, 9.17) is 5.26 Å². The van der Waals surface area contributed by atoms with Gasteiger partial charge in [-0.25, -0.2) is 0 Å². The summed E-state index contributed by atoms with van der Waals surface area (Å²) in [6.45, 7) is 1.78. The summed E-state index contributed by atoms with van der Waals surface area (Å²) in [5.74, 6) is -0.0718. The summed E-state index contributed by atoms with van der Waals surface area (Å²) >= 11 is 0. The molecule has 1 saturated heterocycles. The molecule has 0 aromatic heterocycles. The largest absolute Gasteiger partial charge is 0.352 e. The van der Waals surface area contributed by atoms with Gasteiger partial charge in [0.25, 0.3) is 5.91 Å². The van der Waals surface area contributed by atoms with Crippen LogP contribution in [-0.4, -0.2) is 25.0 Å². The van der Waals surface area contributed by atoms with Crippen LogP contribution in [-0.2, 0) is 0 Å². The van der Waals surface area contributed by atoms with Gasteiger partial charge < -0.3 is 10.6 Å². The number of hydrogen-bond acceptors (Lipinski definition) is 3. The molecule has 0 aliphatic carbocycles. The zero-order chi connectivity index (χ0) is 12.8. The summed E-state index contributed by atoms with van der Waals surface area (Å²) in [6, 6.07) is 9.27. The molecule has 1 aliphatic rings. The van der Waals surface area contributed by atoms with Crippen molar-refractivity contribution < 1.29 is 4.79 Å². The summed E-state index contributed by atoms with van der Waals surface area (Å²) in [6.07, 6.45) is 3.41. The Labute approximate surface area is 119 Å². The highest BCUT2D eigenvalue weighted by molar-refractivity contribution is 5.94. The van der Waals surface area contributed by atoms with Gasteiger partial charge in [0.1, 0.15) is 0 Å². The van der Waals surface area contributed by atoms with Gasteiger partial charge in [-0.1, -0.05) is 0 Å². The smallest absolute Gasteiger partial charge is 0.251 e. The topological polar surface area (TPSA) is 64.9 Å². The Morgan fingerprint density at radius 2 is 2.16 bits per heavy atom. The van der Waals surface area contributed by atoms with Crippen LogP contribution in [0.3, 0.4) is 0 Å². The van der Waals surface area contributed by atoms with Crippen molar-refractivity contribution in [1.82, 2.24) is 10.6 Å². The first-order valence-electron chi connectivity index (χ1n) is 6.31. The average molecular weight is 280 g/mol. The van der Waals surface area contributed by atoms with E-state index in [1.807, 2.05) is 6.07 Å². The fourth-order valence-corrected chi connectivity index (χ4v) is 2.16. The molecule has 102 valence electrons. The van der Waals surface area contributed by atoms with Crippen molar-refractivity contribution in [3.05, 3.63) is 35.4 Å². The lowest BCUT2D eigenvalue weighted by Gasteiger charge is -2.10. The molecule has 1 aromatic rings. The molecule has 1 fully saturated rings. The summed E-state index contributed by atoms with van der Waals surface area (Å²) in [7, 11) is 0. The molecule has 0 bridgehead atoms. The molecule has 19 heavy (non-hydrogen) atoms. The predicted molar refractivity (Wildman–Crippen MR) is 76.4 cm³/mol. The van der Waals surface area contributed by atoms with Crippen LogP contribution in [0, 0.1) is 11.3 Å². The van der Waals surface area contributed by atoms with E-state index >= 15 is 0 Å². The van der Waals surface area contributed by atoms with Crippen molar-refractivity contribution in [1.29, 1.82) is 5.26 Å². The average Bonchev–Trinajstić information content (AvgIpc) is 2.92. The highest BCUT2D eigenvalue weighted by Crippen LogP contribution is 2.08. The van der Waals surface area contributed by atoms with E-state index in [9.17, 15) is 4.79 Å². The van der Waals surface area contributed by atoms with Crippen LogP contribution >= 0.6 is 12.4 Å². The highest BCUT2D eigenvalue weighted by atomic mass is 35.5. The minimum Gasteiger partial charge on any atom is -0.352 e. The minimum absolute atomic E-state index is 0. The van der Waals surface area contributed by atoms with Crippen molar-refractivity contribution in [3.63, 3.8) is 0 Å². The molecule has 1 aromatic carbocycles. The Morgan fingerprint density at radius 3 is 2.74 bits per heavy atom. The molecule has 0 spiro atoms. The van der Waals surface area contributed by atoms with E-state index in [1.165, 1.54) is 12.8 Å². The first-order chi connectivity index (χ1) is 8.79. The van der Waals surface area contributed by atoms with Crippen molar-refractivity contribution in [3.8, 4) is 6.07 Å². The lowest BCUT2D eigenvalue weighted by molar-refractivity contribution is 0.0952.